The molecule has 142 valence electrons. The van der Waals surface area contributed by atoms with Crippen LogP contribution in [0.5, 0.6) is 0 Å². The Morgan fingerprint density at radius 1 is 0.815 bits per heavy atom. The molecule has 0 saturated carbocycles. The largest absolute Gasteiger partial charge is 2.00 e. The molecule has 7 heteroatoms. The van der Waals surface area contributed by atoms with E-state index in [1.807, 2.05) is 12.1 Å². The zero-order valence-electron chi connectivity index (χ0n) is 14.7. The van der Waals surface area contributed by atoms with Gasteiger partial charge in [0.15, 0.2) is 0 Å². The molecule has 0 spiro atoms. The van der Waals surface area contributed by atoms with Crippen molar-refractivity contribution in [2.75, 3.05) is 0 Å². The molecule has 0 saturated heterocycles. The number of halogens is 2. The van der Waals surface area contributed by atoms with Crippen LogP contribution in [-0.4, -0.2) is 11.8 Å². The van der Waals surface area contributed by atoms with Gasteiger partial charge in [0.25, 0.3) is 0 Å². The third-order valence-electron chi connectivity index (χ3n) is 2.94. The molecule has 0 unspecified atom stereocenters. The first kappa shape index (κ1) is 29.9. The van der Waals surface area contributed by atoms with Gasteiger partial charge in [-0.2, -0.15) is 6.08 Å². The van der Waals surface area contributed by atoms with Crippen molar-refractivity contribution in [3.63, 3.8) is 0 Å². The summed E-state index contributed by atoms with van der Waals surface area (Å²) in [5.41, 5.74) is 15.5. The first-order chi connectivity index (χ1) is 11.5. The Bertz CT molecular complexity index is 669. The van der Waals surface area contributed by atoms with Crippen molar-refractivity contribution in [2.45, 2.75) is 13.3 Å². The number of rotatable bonds is 2. The number of benzene rings is 2. The fourth-order valence-electron chi connectivity index (χ4n) is 1.69. The summed E-state index contributed by atoms with van der Waals surface area (Å²) in [6.45, 7) is 2.06. The Balaban J connectivity index is -0.000000309. The summed E-state index contributed by atoms with van der Waals surface area (Å²) in [4.78, 5) is 20.6. The molecule has 0 atom stereocenters. The Labute approximate surface area is 187 Å². The normalized spacial score (nSPS) is 10.0. The number of allylic oxidation sites excluding steroid dienone is 4. The van der Waals surface area contributed by atoms with Gasteiger partial charge in [-0.3, -0.25) is 6.08 Å². The Morgan fingerprint density at radius 2 is 1.19 bits per heavy atom. The van der Waals surface area contributed by atoms with E-state index in [2.05, 4.69) is 25.2 Å². The van der Waals surface area contributed by atoms with Gasteiger partial charge >= 0.3 is 21.7 Å². The predicted octanol–water partition coefficient (Wildman–Crippen LogP) is -0.541. The van der Waals surface area contributed by atoms with Crippen LogP contribution >= 0.6 is 0 Å². The maximum absolute atomic E-state index is 10.3. The van der Waals surface area contributed by atoms with Crippen molar-refractivity contribution in [3.8, 4) is 0 Å². The van der Waals surface area contributed by atoms with E-state index in [-0.39, 0.29) is 46.5 Å². The van der Waals surface area contributed by atoms with Crippen molar-refractivity contribution < 1.29 is 56.1 Å². The van der Waals surface area contributed by atoms with E-state index >= 15 is 0 Å². The second-order valence-corrected chi connectivity index (χ2v) is 4.86. The summed E-state index contributed by atoms with van der Waals surface area (Å²) in [6, 6.07) is 17.1. The predicted molar refractivity (Wildman–Crippen MR) is 96.4 cm³/mol. The molecular formula is C20H19Cl2N2O2Ti-3. The molecule has 1 aliphatic rings. The molecule has 27 heavy (non-hydrogen) atoms. The standard InChI is InChI=1S/2C7H7NO.C6H7.2ClH.Ti/c2*8-7(9)6-4-2-1-3-5-6;1-6-4-2-3-5-6;;;/h2*1-5H,(H2,8,9);2,4H,3H2,1H3;2*1H;/q;;-1;;;+2/p-4. The van der Waals surface area contributed by atoms with Crippen LogP contribution in [0.15, 0.2) is 78.4 Å². The van der Waals surface area contributed by atoms with Gasteiger partial charge in [-0.25, -0.2) is 11.6 Å². The first-order valence-corrected chi connectivity index (χ1v) is 7.36. The Hall–Kier alpha value is -1.85. The third-order valence-corrected chi connectivity index (χ3v) is 2.94. The molecular weight excluding hydrogens is 419 g/mol. The van der Waals surface area contributed by atoms with Gasteiger partial charge in [0.2, 0.25) is 0 Å². The molecule has 2 aromatic carbocycles. The van der Waals surface area contributed by atoms with Gasteiger partial charge < -0.3 is 45.9 Å². The van der Waals surface area contributed by atoms with E-state index in [4.69, 9.17) is 11.5 Å². The number of carbonyl (C=O) groups is 2. The molecule has 0 aromatic heterocycles. The van der Waals surface area contributed by atoms with E-state index < -0.39 is 11.8 Å². The quantitative estimate of drug-likeness (QED) is 0.467. The molecule has 0 bridgehead atoms. The van der Waals surface area contributed by atoms with E-state index in [1.165, 1.54) is 5.57 Å². The zero-order chi connectivity index (χ0) is 17.8. The molecule has 0 fully saturated rings. The number of nitrogens with one attached hydrogen (secondary N) is 2. The van der Waals surface area contributed by atoms with Crippen LogP contribution in [0, 0.1) is 6.08 Å². The summed E-state index contributed by atoms with van der Waals surface area (Å²) in [6.07, 6.45) is 8.33. The van der Waals surface area contributed by atoms with Crippen LogP contribution in [0.1, 0.15) is 34.1 Å². The maximum Gasteiger partial charge on any atom is 2.00 e. The smallest absolute Gasteiger partial charge is 1.00 e. The molecule has 0 heterocycles. The molecule has 0 aliphatic heterocycles. The number of amides is 2. The fourth-order valence-corrected chi connectivity index (χ4v) is 1.69. The van der Waals surface area contributed by atoms with Crippen LogP contribution in [-0.2, 0) is 21.7 Å². The third kappa shape index (κ3) is 13.9. The second-order valence-electron chi connectivity index (χ2n) is 4.86. The minimum Gasteiger partial charge on any atom is -1.00 e. The van der Waals surface area contributed by atoms with Crippen molar-refractivity contribution in [1.29, 1.82) is 0 Å². The van der Waals surface area contributed by atoms with Gasteiger partial charge in [0.05, 0.1) is 11.8 Å². The van der Waals surface area contributed by atoms with Gasteiger partial charge in [0, 0.05) is 0 Å². The number of carbonyl (C=O) groups excluding carboxylic acids is 2. The van der Waals surface area contributed by atoms with Crippen molar-refractivity contribution >= 4 is 11.8 Å². The van der Waals surface area contributed by atoms with Crippen LogP contribution in [0.3, 0.4) is 0 Å². The molecule has 2 aromatic rings. The van der Waals surface area contributed by atoms with Crippen LogP contribution in [0.4, 0.5) is 0 Å². The minimum absolute atomic E-state index is 0. The SMILES string of the molecule is CC1=[C-]CC=C1.[Cl-].[Cl-].[NH-]C(=O)c1ccccc1.[NH-]C(=O)c1ccccc1.[Ti+2]. The Kier molecular flexibility index (Phi) is 19.4. The summed E-state index contributed by atoms with van der Waals surface area (Å²) in [5, 5.41) is 0. The maximum atomic E-state index is 10.3. The average molecular weight is 438 g/mol. The molecule has 0 radical (unpaired) electrons. The zero-order valence-corrected chi connectivity index (χ0v) is 17.8. The molecule has 3 rings (SSSR count). The van der Waals surface area contributed by atoms with E-state index in [0.29, 0.717) is 11.1 Å². The summed E-state index contributed by atoms with van der Waals surface area (Å²) < 4.78 is 0. The van der Waals surface area contributed by atoms with Crippen LogP contribution < -0.4 is 24.8 Å². The van der Waals surface area contributed by atoms with Crippen molar-refractivity contribution in [3.05, 3.63) is 107 Å². The van der Waals surface area contributed by atoms with Gasteiger partial charge in [-0.1, -0.05) is 67.6 Å². The van der Waals surface area contributed by atoms with Gasteiger partial charge in [-0.15, -0.1) is 6.42 Å². The monoisotopic (exact) mass is 437 g/mol. The van der Waals surface area contributed by atoms with Crippen molar-refractivity contribution in [1.82, 2.24) is 0 Å². The fraction of sp³-hybridized carbons (Fsp3) is 0.100. The van der Waals surface area contributed by atoms with Crippen molar-refractivity contribution in [2.24, 2.45) is 0 Å². The van der Waals surface area contributed by atoms with Gasteiger partial charge in [0.1, 0.15) is 0 Å². The number of hydrogen-bond acceptors (Lipinski definition) is 2. The van der Waals surface area contributed by atoms with E-state index in [0.717, 1.165) is 6.42 Å². The first-order valence-electron chi connectivity index (χ1n) is 7.36. The van der Waals surface area contributed by atoms with E-state index in [1.54, 1.807) is 48.5 Å². The number of hydrogen-bond donors (Lipinski definition) is 0. The summed E-state index contributed by atoms with van der Waals surface area (Å²) in [7, 11) is 0. The van der Waals surface area contributed by atoms with Crippen LogP contribution in [0.25, 0.3) is 11.5 Å². The minimum atomic E-state index is -0.629. The Morgan fingerprint density at radius 3 is 1.33 bits per heavy atom. The molecule has 2 N–H and O–H groups in total. The topological polar surface area (TPSA) is 81.7 Å². The van der Waals surface area contributed by atoms with E-state index in [9.17, 15) is 9.59 Å². The second kappa shape index (κ2) is 17.6. The van der Waals surface area contributed by atoms with Gasteiger partial charge in [-0.05, 0) is 11.1 Å². The molecule has 1 aliphatic carbocycles. The van der Waals surface area contributed by atoms with Crippen LogP contribution in [0.2, 0.25) is 0 Å². The molecule has 4 nitrogen and oxygen atoms in total. The summed E-state index contributed by atoms with van der Waals surface area (Å²) >= 11 is 0. The summed E-state index contributed by atoms with van der Waals surface area (Å²) in [5.74, 6) is -1.26. The molecule has 2 amide bonds. The average Bonchev–Trinajstić information content (AvgIpc) is 3.08.